The fourth-order valence-corrected chi connectivity index (χ4v) is 2.36. The van der Waals surface area contributed by atoms with Crippen LogP contribution in [0.5, 0.6) is 0 Å². The molecule has 0 amide bonds. The summed E-state index contributed by atoms with van der Waals surface area (Å²) in [5.74, 6) is 0. The predicted octanol–water partition coefficient (Wildman–Crippen LogP) is 1.87. The van der Waals surface area contributed by atoms with Crippen molar-refractivity contribution in [3.63, 3.8) is 0 Å². The largest absolute Gasteiger partial charge is 0.367 e. The van der Waals surface area contributed by atoms with E-state index in [1.165, 1.54) is 0 Å². The maximum Gasteiger partial charge on any atom is 0.163 e. The molecule has 0 aromatic carbocycles. The van der Waals surface area contributed by atoms with E-state index in [4.69, 9.17) is 5.26 Å². The second-order valence-electron chi connectivity index (χ2n) is 5.63. The number of nitriles is 1. The molecule has 0 radical (unpaired) electrons. The third kappa shape index (κ3) is 2.62. The van der Waals surface area contributed by atoms with Crippen molar-refractivity contribution in [3.05, 3.63) is 24.0 Å². The zero-order chi connectivity index (χ0) is 13.2. The van der Waals surface area contributed by atoms with Gasteiger partial charge in [0, 0.05) is 37.9 Å². The second kappa shape index (κ2) is 4.95. The van der Waals surface area contributed by atoms with Crippen LogP contribution in [0.1, 0.15) is 26.5 Å². The summed E-state index contributed by atoms with van der Waals surface area (Å²) < 4.78 is 0. The fraction of sp³-hybridized carbons (Fsp3) is 0.571. The van der Waals surface area contributed by atoms with Crippen LogP contribution in [0.2, 0.25) is 0 Å². The maximum absolute atomic E-state index is 9.08. The number of pyridine rings is 1. The van der Waals surface area contributed by atoms with E-state index in [0.29, 0.717) is 5.69 Å². The van der Waals surface area contributed by atoms with Crippen LogP contribution in [0, 0.1) is 11.3 Å². The Hall–Kier alpha value is -1.60. The first-order chi connectivity index (χ1) is 8.52. The molecule has 0 saturated carbocycles. The molecule has 1 aliphatic rings. The van der Waals surface area contributed by atoms with Gasteiger partial charge in [-0.25, -0.2) is 4.98 Å². The van der Waals surface area contributed by atoms with E-state index in [1.54, 1.807) is 6.20 Å². The highest BCUT2D eigenvalue weighted by atomic mass is 15.3. The lowest BCUT2D eigenvalue weighted by Crippen LogP contribution is -2.53. The Labute approximate surface area is 109 Å². The molecule has 0 aliphatic carbocycles. The predicted molar refractivity (Wildman–Crippen MR) is 72.5 cm³/mol. The zero-order valence-electron chi connectivity index (χ0n) is 11.3. The van der Waals surface area contributed by atoms with Crippen LogP contribution in [-0.4, -0.2) is 41.6 Å². The Kier molecular flexibility index (Phi) is 3.53. The molecule has 1 saturated heterocycles. The van der Waals surface area contributed by atoms with E-state index in [2.05, 4.69) is 41.6 Å². The number of hydrogen-bond donors (Lipinski definition) is 0. The Morgan fingerprint density at radius 2 is 1.89 bits per heavy atom. The van der Waals surface area contributed by atoms with Crippen molar-refractivity contribution >= 4 is 5.69 Å². The molecule has 1 aromatic heterocycles. The van der Waals surface area contributed by atoms with E-state index in [9.17, 15) is 0 Å². The second-order valence-corrected chi connectivity index (χ2v) is 5.63. The van der Waals surface area contributed by atoms with Crippen LogP contribution in [0.4, 0.5) is 5.69 Å². The fourth-order valence-electron chi connectivity index (χ4n) is 2.36. The minimum absolute atomic E-state index is 0.221. The zero-order valence-corrected chi connectivity index (χ0v) is 11.3. The van der Waals surface area contributed by atoms with Gasteiger partial charge >= 0.3 is 0 Å². The normalized spacial score (nSPS) is 17.6. The van der Waals surface area contributed by atoms with Gasteiger partial charge < -0.3 is 4.90 Å². The Bertz CT molecular complexity index is 448. The van der Waals surface area contributed by atoms with Crippen molar-refractivity contribution in [1.82, 2.24) is 9.88 Å². The third-order valence-electron chi connectivity index (χ3n) is 3.46. The summed E-state index contributed by atoms with van der Waals surface area (Å²) in [5, 5.41) is 9.08. The average molecular weight is 244 g/mol. The molecule has 4 heteroatoms. The maximum atomic E-state index is 9.08. The van der Waals surface area contributed by atoms with Crippen LogP contribution in [0.3, 0.4) is 0 Å². The molecule has 1 aliphatic heterocycles. The van der Waals surface area contributed by atoms with Gasteiger partial charge in [-0.1, -0.05) is 0 Å². The molecule has 18 heavy (non-hydrogen) atoms. The van der Waals surface area contributed by atoms with Gasteiger partial charge in [-0.15, -0.1) is 0 Å². The van der Waals surface area contributed by atoms with Crippen molar-refractivity contribution in [3.8, 4) is 6.07 Å². The lowest BCUT2D eigenvalue weighted by molar-refractivity contribution is 0.128. The van der Waals surface area contributed by atoms with Crippen molar-refractivity contribution in [2.45, 2.75) is 26.3 Å². The average Bonchev–Trinajstić information content (AvgIpc) is 2.38. The van der Waals surface area contributed by atoms with Gasteiger partial charge in [-0.3, -0.25) is 4.90 Å². The topological polar surface area (TPSA) is 43.2 Å². The lowest BCUT2D eigenvalue weighted by Gasteiger charge is -2.43. The molecule has 1 fully saturated rings. The number of nitrogens with zero attached hydrogens (tertiary/aromatic N) is 4. The molecular weight excluding hydrogens is 224 g/mol. The minimum atomic E-state index is 0.221. The SMILES string of the molecule is CC(C)(C)N1CCN(c2cccnc2C#N)CC1. The van der Waals surface area contributed by atoms with Crippen LogP contribution < -0.4 is 4.90 Å². The number of piperazine rings is 1. The third-order valence-corrected chi connectivity index (χ3v) is 3.46. The van der Waals surface area contributed by atoms with E-state index in [1.807, 2.05) is 12.1 Å². The highest BCUT2D eigenvalue weighted by molar-refractivity contribution is 5.55. The summed E-state index contributed by atoms with van der Waals surface area (Å²) in [5.41, 5.74) is 1.72. The van der Waals surface area contributed by atoms with Gasteiger partial charge in [0.15, 0.2) is 5.69 Å². The van der Waals surface area contributed by atoms with Crippen LogP contribution in [0.25, 0.3) is 0 Å². The van der Waals surface area contributed by atoms with Crippen molar-refractivity contribution < 1.29 is 0 Å². The molecule has 0 spiro atoms. The quantitative estimate of drug-likeness (QED) is 0.756. The smallest absolute Gasteiger partial charge is 0.163 e. The Balaban J connectivity index is 2.09. The highest BCUT2D eigenvalue weighted by Gasteiger charge is 2.26. The van der Waals surface area contributed by atoms with Crippen LogP contribution >= 0.6 is 0 Å². The van der Waals surface area contributed by atoms with E-state index in [-0.39, 0.29) is 5.54 Å². The van der Waals surface area contributed by atoms with Gasteiger partial charge in [0.05, 0.1) is 5.69 Å². The van der Waals surface area contributed by atoms with Crippen molar-refractivity contribution in [2.24, 2.45) is 0 Å². The summed E-state index contributed by atoms with van der Waals surface area (Å²) in [4.78, 5) is 8.86. The van der Waals surface area contributed by atoms with Crippen molar-refractivity contribution in [1.29, 1.82) is 5.26 Å². The van der Waals surface area contributed by atoms with Gasteiger partial charge in [0.2, 0.25) is 0 Å². The summed E-state index contributed by atoms with van der Waals surface area (Å²) in [6.07, 6.45) is 1.67. The molecule has 1 aromatic rings. The molecular formula is C14H20N4. The highest BCUT2D eigenvalue weighted by Crippen LogP contribution is 2.22. The number of aromatic nitrogens is 1. The first kappa shape index (κ1) is 12.8. The molecule has 2 heterocycles. The van der Waals surface area contributed by atoms with E-state index in [0.717, 1.165) is 31.9 Å². The summed E-state index contributed by atoms with van der Waals surface area (Å²) in [6.45, 7) is 10.7. The molecule has 0 bridgehead atoms. The van der Waals surface area contributed by atoms with Gasteiger partial charge in [0.25, 0.3) is 0 Å². The van der Waals surface area contributed by atoms with Crippen LogP contribution in [0.15, 0.2) is 18.3 Å². The van der Waals surface area contributed by atoms with Gasteiger partial charge in [-0.2, -0.15) is 5.26 Å². The number of anilines is 1. The van der Waals surface area contributed by atoms with Crippen molar-refractivity contribution in [2.75, 3.05) is 31.1 Å². The molecule has 0 unspecified atom stereocenters. The molecule has 4 nitrogen and oxygen atoms in total. The monoisotopic (exact) mass is 244 g/mol. The summed E-state index contributed by atoms with van der Waals surface area (Å²) in [6, 6.07) is 6.05. The Morgan fingerprint density at radius 3 is 2.44 bits per heavy atom. The van der Waals surface area contributed by atoms with Gasteiger partial charge in [-0.05, 0) is 32.9 Å². The molecule has 2 rings (SSSR count). The molecule has 0 atom stereocenters. The number of rotatable bonds is 1. The molecule has 0 N–H and O–H groups in total. The summed E-state index contributed by atoms with van der Waals surface area (Å²) in [7, 11) is 0. The van der Waals surface area contributed by atoms with Crippen LogP contribution in [-0.2, 0) is 0 Å². The standard InChI is InChI=1S/C14H20N4/c1-14(2,3)18-9-7-17(8-10-18)13-5-4-6-16-12(13)11-15/h4-6H,7-10H2,1-3H3. The Morgan fingerprint density at radius 1 is 1.22 bits per heavy atom. The molecule has 96 valence electrons. The lowest BCUT2D eigenvalue weighted by atomic mass is 10.0. The minimum Gasteiger partial charge on any atom is -0.367 e. The van der Waals surface area contributed by atoms with E-state index < -0.39 is 0 Å². The van der Waals surface area contributed by atoms with Gasteiger partial charge in [0.1, 0.15) is 6.07 Å². The van der Waals surface area contributed by atoms with E-state index >= 15 is 0 Å². The number of hydrogen-bond acceptors (Lipinski definition) is 4. The first-order valence-electron chi connectivity index (χ1n) is 6.37. The summed E-state index contributed by atoms with van der Waals surface area (Å²) >= 11 is 0. The first-order valence-corrected chi connectivity index (χ1v) is 6.37.